The van der Waals surface area contributed by atoms with Crippen molar-refractivity contribution in [3.8, 4) is 16.8 Å². The fourth-order valence-electron chi connectivity index (χ4n) is 6.72. The summed E-state index contributed by atoms with van der Waals surface area (Å²) >= 11 is 0. The normalized spacial score (nSPS) is 11.6. The number of benzene rings is 7. The molecule has 0 aliphatic carbocycles. The van der Waals surface area contributed by atoms with Crippen LogP contribution >= 0.6 is 0 Å². The second kappa shape index (κ2) is 10.3. The van der Waals surface area contributed by atoms with Gasteiger partial charge >= 0.3 is 0 Å². The molecule has 0 aliphatic rings. The van der Waals surface area contributed by atoms with Gasteiger partial charge in [0.05, 0.1) is 16.7 Å². The summed E-state index contributed by atoms with van der Waals surface area (Å²) in [5.41, 5.74) is 10.8. The fraction of sp³-hybridized carbons (Fsp3) is 0. The van der Waals surface area contributed by atoms with E-state index in [9.17, 15) is 0 Å². The maximum Gasteiger partial charge on any atom is 0.159 e. The van der Waals surface area contributed by atoms with Gasteiger partial charge in [-0.1, -0.05) is 109 Å². The molecule has 0 N–H and O–H groups in total. The second-order valence-electron chi connectivity index (χ2n) is 11.4. The number of anilines is 3. The Balaban J connectivity index is 1.22. The average molecular weight is 577 g/mol. The fourth-order valence-corrected chi connectivity index (χ4v) is 6.72. The van der Waals surface area contributed by atoms with Crippen LogP contribution in [0.15, 0.2) is 174 Å². The third-order valence-electron chi connectivity index (χ3n) is 8.80. The van der Waals surface area contributed by atoms with Crippen LogP contribution in [0.3, 0.4) is 0 Å². The van der Waals surface area contributed by atoms with Gasteiger partial charge in [-0.3, -0.25) is 0 Å². The Morgan fingerprint density at radius 3 is 1.62 bits per heavy atom. The highest BCUT2D eigenvalue weighted by molar-refractivity contribution is 6.11. The van der Waals surface area contributed by atoms with E-state index in [-0.39, 0.29) is 0 Å². The van der Waals surface area contributed by atoms with E-state index < -0.39 is 0 Å². The summed E-state index contributed by atoms with van der Waals surface area (Å²) in [4.78, 5) is 2.30. The Kier molecular flexibility index (Phi) is 5.82. The van der Waals surface area contributed by atoms with Gasteiger partial charge in [-0.25, -0.2) is 0 Å². The van der Waals surface area contributed by atoms with E-state index in [2.05, 4.69) is 167 Å². The number of para-hydroxylation sites is 4. The monoisotopic (exact) mass is 576 g/mol. The van der Waals surface area contributed by atoms with E-state index in [1.807, 2.05) is 12.1 Å². The molecule has 212 valence electrons. The molecule has 0 radical (unpaired) electrons. The molecule has 0 fully saturated rings. The first kappa shape index (κ1) is 25.4. The minimum absolute atomic E-state index is 0.873. The van der Waals surface area contributed by atoms with Crippen molar-refractivity contribution < 1.29 is 4.42 Å². The molecule has 0 amide bonds. The lowest BCUT2D eigenvalue weighted by Gasteiger charge is -2.26. The zero-order valence-corrected chi connectivity index (χ0v) is 24.5. The molecule has 0 spiro atoms. The lowest BCUT2D eigenvalue weighted by molar-refractivity contribution is 0.669. The molecule has 7 aromatic carbocycles. The predicted molar refractivity (Wildman–Crippen MR) is 188 cm³/mol. The predicted octanol–water partition coefficient (Wildman–Crippen LogP) is 11.8. The number of hydrogen-bond acceptors (Lipinski definition) is 2. The summed E-state index contributed by atoms with van der Waals surface area (Å²) in [6.07, 6.45) is 0. The molecule has 0 saturated carbocycles. The second-order valence-corrected chi connectivity index (χ2v) is 11.4. The summed E-state index contributed by atoms with van der Waals surface area (Å²) in [5, 5.41) is 4.74. The molecule has 2 aromatic heterocycles. The Labute approximate surface area is 260 Å². The molecule has 3 nitrogen and oxygen atoms in total. The van der Waals surface area contributed by atoms with Crippen LogP contribution in [0.5, 0.6) is 0 Å². The van der Waals surface area contributed by atoms with E-state index in [0.717, 1.165) is 44.7 Å². The Bertz CT molecular complexity index is 2420. The van der Waals surface area contributed by atoms with Gasteiger partial charge in [0.1, 0.15) is 5.58 Å². The standard InChI is InChI=1S/C42H28N2O/c1-2-11-29(12-3-1)30-21-23-31(24-22-30)43(40-19-10-16-37-36-15-6-9-20-41(36)45-42(37)40)32-25-27-33(28-26-32)44-38-17-7-4-13-34(38)35-14-5-8-18-39(35)44/h1-28H. The SMILES string of the molecule is c1ccc(-c2ccc(N(c3ccc(-n4c5ccccc5c5ccccc54)cc3)c3cccc4c3oc3ccccc34)cc2)cc1. The molecule has 9 aromatic rings. The first-order chi connectivity index (χ1) is 22.3. The molecule has 9 rings (SSSR count). The van der Waals surface area contributed by atoms with Gasteiger partial charge in [0, 0.05) is 38.6 Å². The number of aromatic nitrogens is 1. The molecule has 3 heteroatoms. The van der Waals surface area contributed by atoms with E-state index in [1.165, 1.54) is 32.9 Å². The maximum atomic E-state index is 6.53. The Hall–Kier alpha value is -6.06. The number of fused-ring (bicyclic) bond motifs is 6. The van der Waals surface area contributed by atoms with E-state index in [1.54, 1.807) is 0 Å². The van der Waals surface area contributed by atoms with Crippen LogP contribution in [0.25, 0.3) is 60.6 Å². The first-order valence-electron chi connectivity index (χ1n) is 15.3. The molecule has 2 heterocycles. The van der Waals surface area contributed by atoms with E-state index >= 15 is 0 Å². The van der Waals surface area contributed by atoms with Crippen LogP contribution in [0.1, 0.15) is 0 Å². The number of furan rings is 1. The van der Waals surface area contributed by atoms with Gasteiger partial charge in [0.2, 0.25) is 0 Å². The lowest BCUT2D eigenvalue weighted by Crippen LogP contribution is -2.10. The quantitative estimate of drug-likeness (QED) is 0.203. The van der Waals surface area contributed by atoms with Gasteiger partial charge in [0.15, 0.2) is 5.58 Å². The highest BCUT2D eigenvalue weighted by Gasteiger charge is 2.20. The average Bonchev–Trinajstić information content (AvgIpc) is 3.66. The molecule has 0 atom stereocenters. The van der Waals surface area contributed by atoms with Crippen LogP contribution in [0, 0.1) is 0 Å². The Morgan fingerprint density at radius 2 is 0.933 bits per heavy atom. The van der Waals surface area contributed by atoms with Crippen LogP contribution in [0.4, 0.5) is 17.1 Å². The van der Waals surface area contributed by atoms with Gasteiger partial charge in [0.25, 0.3) is 0 Å². The molecule has 0 aliphatic heterocycles. The molecule has 0 saturated heterocycles. The van der Waals surface area contributed by atoms with Crippen molar-refractivity contribution in [3.63, 3.8) is 0 Å². The summed E-state index contributed by atoms with van der Waals surface area (Å²) in [6.45, 7) is 0. The van der Waals surface area contributed by atoms with Gasteiger partial charge in [-0.2, -0.15) is 0 Å². The number of nitrogens with zero attached hydrogens (tertiary/aromatic N) is 2. The van der Waals surface area contributed by atoms with Crippen molar-refractivity contribution in [2.75, 3.05) is 4.90 Å². The third-order valence-corrected chi connectivity index (χ3v) is 8.80. The van der Waals surface area contributed by atoms with Crippen molar-refractivity contribution in [2.45, 2.75) is 0 Å². The smallest absolute Gasteiger partial charge is 0.159 e. The minimum Gasteiger partial charge on any atom is -0.454 e. The van der Waals surface area contributed by atoms with Crippen molar-refractivity contribution in [1.82, 2.24) is 4.57 Å². The molecule has 45 heavy (non-hydrogen) atoms. The first-order valence-corrected chi connectivity index (χ1v) is 15.3. The lowest BCUT2D eigenvalue weighted by atomic mass is 10.0. The summed E-state index contributed by atoms with van der Waals surface area (Å²) in [6, 6.07) is 60.1. The minimum atomic E-state index is 0.873. The van der Waals surface area contributed by atoms with Crippen molar-refractivity contribution in [1.29, 1.82) is 0 Å². The van der Waals surface area contributed by atoms with Crippen molar-refractivity contribution in [3.05, 3.63) is 170 Å². The summed E-state index contributed by atoms with van der Waals surface area (Å²) < 4.78 is 8.89. The number of hydrogen-bond donors (Lipinski definition) is 0. The zero-order valence-electron chi connectivity index (χ0n) is 24.5. The molecule has 0 bridgehead atoms. The van der Waals surface area contributed by atoms with Crippen LogP contribution in [-0.2, 0) is 0 Å². The topological polar surface area (TPSA) is 21.3 Å². The number of rotatable bonds is 5. The zero-order chi connectivity index (χ0) is 29.7. The summed E-state index contributed by atoms with van der Waals surface area (Å²) in [5.74, 6) is 0. The highest BCUT2D eigenvalue weighted by atomic mass is 16.3. The van der Waals surface area contributed by atoms with Gasteiger partial charge in [-0.15, -0.1) is 0 Å². The highest BCUT2D eigenvalue weighted by Crippen LogP contribution is 2.43. The van der Waals surface area contributed by atoms with Gasteiger partial charge in [-0.05, 0) is 71.8 Å². The van der Waals surface area contributed by atoms with Crippen molar-refractivity contribution in [2.24, 2.45) is 0 Å². The molecular formula is C42H28N2O. The van der Waals surface area contributed by atoms with Crippen LogP contribution < -0.4 is 4.90 Å². The Morgan fingerprint density at radius 1 is 0.400 bits per heavy atom. The molecular weight excluding hydrogens is 548 g/mol. The van der Waals surface area contributed by atoms with E-state index in [0.29, 0.717) is 0 Å². The van der Waals surface area contributed by atoms with Gasteiger partial charge < -0.3 is 13.9 Å². The van der Waals surface area contributed by atoms with Crippen LogP contribution in [-0.4, -0.2) is 4.57 Å². The third kappa shape index (κ3) is 4.13. The van der Waals surface area contributed by atoms with E-state index in [4.69, 9.17) is 4.42 Å². The largest absolute Gasteiger partial charge is 0.454 e. The summed E-state index contributed by atoms with van der Waals surface area (Å²) in [7, 11) is 0. The van der Waals surface area contributed by atoms with Crippen molar-refractivity contribution >= 4 is 60.8 Å². The van der Waals surface area contributed by atoms with Crippen LogP contribution in [0.2, 0.25) is 0 Å². The molecule has 0 unspecified atom stereocenters. The maximum absolute atomic E-state index is 6.53.